The molecule has 0 unspecified atom stereocenters. The summed E-state index contributed by atoms with van der Waals surface area (Å²) < 4.78 is 0. The van der Waals surface area contributed by atoms with Crippen molar-refractivity contribution in [2.45, 2.75) is 6.92 Å². The average Bonchev–Trinajstić information content (AvgIpc) is 2.45. The molecule has 0 radical (unpaired) electrons. The predicted molar refractivity (Wildman–Crippen MR) is 71.0 cm³/mol. The van der Waals surface area contributed by atoms with Crippen molar-refractivity contribution >= 4 is 5.97 Å². The molecule has 3 nitrogen and oxygen atoms in total. The van der Waals surface area contributed by atoms with Gasteiger partial charge in [0, 0.05) is 6.54 Å². The lowest BCUT2D eigenvalue weighted by atomic mass is 10.00. The van der Waals surface area contributed by atoms with Gasteiger partial charge in [-0.15, -0.1) is 0 Å². The van der Waals surface area contributed by atoms with Crippen molar-refractivity contribution in [1.29, 1.82) is 0 Å². The van der Waals surface area contributed by atoms with E-state index in [0.29, 0.717) is 12.1 Å². The smallest absolute Gasteiger partial charge is 0.357 e. The summed E-state index contributed by atoms with van der Waals surface area (Å²) in [6.07, 6.45) is 0. The molecule has 0 bridgehead atoms. The number of nitrogens with one attached hydrogen (secondary N) is 1. The minimum Gasteiger partial charge on any atom is -0.367 e. The molecule has 0 spiro atoms. The Hall–Kier alpha value is -2.13. The van der Waals surface area contributed by atoms with Gasteiger partial charge in [-0.25, -0.2) is 4.79 Å². The van der Waals surface area contributed by atoms with Crippen molar-refractivity contribution in [2.75, 3.05) is 6.54 Å². The van der Waals surface area contributed by atoms with Crippen molar-refractivity contribution in [3.05, 3.63) is 60.2 Å². The molecule has 2 aromatic carbocycles. The van der Waals surface area contributed by atoms with Gasteiger partial charge in [-0.1, -0.05) is 48.5 Å². The number of hydrogen-bond acceptors (Lipinski definition) is 3. The maximum Gasteiger partial charge on any atom is 0.357 e. The van der Waals surface area contributed by atoms with Gasteiger partial charge in [0.15, 0.2) is 0 Å². The van der Waals surface area contributed by atoms with E-state index in [1.807, 2.05) is 55.5 Å². The van der Waals surface area contributed by atoms with E-state index < -0.39 is 0 Å². The van der Waals surface area contributed by atoms with Crippen LogP contribution in [0.2, 0.25) is 0 Å². The normalized spacial score (nSPS) is 10.1. The molecule has 0 aliphatic heterocycles. The maximum absolute atomic E-state index is 11.9. The molecule has 0 aliphatic carbocycles. The third-order valence-corrected chi connectivity index (χ3v) is 2.54. The SMILES string of the molecule is CCNOC(=O)c1ccccc1-c1ccccc1. The van der Waals surface area contributed by atoms with Crippen molar-refractivity contribution < 1.29 is 9.63 Å². The van der Waals surface area contributed by atoms with E-state index in [2.05, 4.69) is 5.48 Å². The topological polar surface area (TPSA) is 38.3 Å². The summed E-state index contributed by atoms with van der Waals surface area (Å²) in [4.78, 5) is 16.9. The Morgan fingerprint density at radius 2 is 1.72 bits per heavy atom. The first-order chi connectivity index (χ1) is 8.83. The van der Waals surface area contributed by atoms with E-state index in [-0.39, 0.29) is 5.97 Å². The molecule has 0 aliphatic rings. The minimum absolute atomic E-state index is 0.365. The van der Waals surface area contributed by atoms with Gasteiger partial charge in [-0.3, -0.25) is 0 Å². The third kappa shape index (κ3) is 2.76. The lowest BCUT2D eigenvalue weighted by Gasteiger charge is -2.09. The second-order valence-corrected chi connectivity index (χ2v) is 3.80. The highest BCUT2D eigenvalue weighted by molar-refractivity contribution is 5.97. The molecule has 2 rings (SSSR count). The minimum atomic E-state index is -0.365. The fraction of sp³-hybridized carbons (Fsp3) is 0.133. The van der Waals surface area contributed by atoms with E-state index in [1.165, 1.54) is 0 Å². The summed E-state index contributed by atoms with van der Waals surface area (Å²) in [6, 6.07) is 17.2. The number of hydroxylamine groups is 1. The van der Waals surface area contributed by atoms with Crippen LogP contribution in [-0.4, -0.2) is 12.5 Å². The van der Waals surface area contributed by atoms with E-state index in [4.69, 9.17) is 4.84 Å². The van der Waals surface area contributed by atoms with Gasteiger partial charge < -0.3 is 4.84 Å². The van der Waals surface area contributed by atoms with Crippen LogP contribution in [0.15, 0.2) is 54.6 Å². The van der Waals surface area contributed by atoms with Crippen LogP contribution in [0, 0.1) is 0 Å². The van der Waals surface area contributed by atoms with Crippen LogP contribution in [-0.2, 0) is 4.84 Å². The van der Waals surface area contributed by atoms with Crippen LogP contribution < -0.4 is 5.48 Å². The summed E-state index contributed by atoms with van der Waals surface area (Å²) in [5, 5.41) is 0. The summed E-state index contributed by atoms with van der Waals surface area (Å²) in [6.45, 7) is 2.45. The Morgan fingerprint density at radius 1 is 1.06 bits per heavy atom. The Balaban J connectivity index is 2.34. The monoisotopic (exact) mass is 241 g/mol. The molecule has 0 saturated carbocycles. The van der Waals surface area contributed by atoms with E-state index in [0.717, 1.165) is 11.1 Å². The molecule has 1 N–H and O–H groups in total. The molecule has 0 aromatic heterocycles. The zero-order valence-electron chi connectivity index (χ0n) is 10.2. The molecule has 18 heavy (non-hydrogen) atoms. The van der Waals surface area contributed by atoms with Crippen LogP contribution >= 0.6 is 0 Å². The number of rotatable bonds is 4. The zero-order valence-corrected chi connectivity index (χ0v) is 10.2. The van der Waals surface area contributed by atoms with Crippen molar-refractivity contribution in [3.63, 3.8) is 0 Å². The second kappa shape index (κ2) is 5.98. The maximum atomic E-state index is 11.9. The Labute approximate surface area is 106 Å². The van der Waals surface area contributed by atoms with Gasteiger partial charge >= 0.3 is 5.97 Å². The first kappa shape index (κ1) is 12.3. The largest absolute Gasteiger partial charge is 0.367 e. The van der Waals surface area contributed by atoms with Gasteiger partial charge in [0.25, 0.3) is 0 Å². The first-order valence-electron chi connectivity index (χ1n) is 5.91. The number of carbonyl (C=O) groups is 1. The van der Waals surface area contributed by atoms with Gasteiger partial charge in [0.1, 0.15) is 0 Å². The average molecular weight is 241 g/mol. The van der Waals surface area contributed by atoms with Gasteiger partial charge in [0.2, 0.25) is 0 Å². The van der Waals surface area contributed by atoms with Crippen LogP contribution in [0.1, 0.15) is 17.3 Å². The van der Waals surface area contributed by atoms with E-state index >= 15 is 0 Å². The highest BCUT2D eigenvalue weighted by atomic mass is 16.7. The Bertz CT molecular complexity index is 523. The molecule has 0 amide bonds. The molecule has 3 heteroatoms. The van der Waals surface area contributed by atoms with E-state index in [9.17, 15) is 4.79 Å². The van der Waals surface area contributed by atoms with Crippen LogP contribution in [0.3, 0.4) is 0 Å². The number of carbonyl (C=O) groups excluding carboxylic acids is 1. The van der Waals surface area contributed by atoms with E-state index in [1.54, 1.807) is 6.07 Å². The predicted octanol–water partition coefficient (Wildman–Crippen LogP) is 3.03. The first-order valence-corrected chi connectivity index (χ1v) is 5.91. The molecule has 92 valence electrons. The lowest BCUT2D eigenvalue weighted by Crippen LogP contribution is -2.19. The van der Waals surface area contributed by atoms with Gasteiger partial charge in [0.05, 0.1) is 5.56 Å². The van der Waals surface area contributed by atoms with Crippen molar-refractivity contribution in [3.8, 4) is 11.1 Å². The fourth-order valence-electron chi connectivity index (χ4n) is 1.72. The van der Waals surface area contributed by atoms with Crippen LogP contribution in [0.5, 0.6) is 0 Å². The molecular formula is C15H15NO2. The Morgan fingerprint density at radius 3 is 2.44 bits per heavy atom. The van der Waals surface area contributed by atoms with Gasteiger partial charge in [-0.2, -0.15) is 5.48 Å². The molecule has 0 heterocycles. The molecule has 0 saturated heterocycles. The third-order valence-electron chi connectivity index (χ3n) is 2.54. The standard InChI is InChI=1S/C15H15NO2/c1-2-16-18-15(17)14-11-7-6-10-13(14)12-8-4-3-5-9-12/h3-11,16H,2H2,1H3. The summed E-state index contributed by atoms with van der Waals surface area (Å²) >= 11 is 0. The lowest BCUT2D eigenvalue weighted by molar-refractivity contribution is 0.0266. The second-order valence-electron chi connectivity index (χ2n) is 3.80. The number of hydrogen-bond donors (Lipinski definition) is 1. The summed E-state index contributed by atoms with van der Waals surface area (Å²) in [5.74, 6) is -0.365. The van der Waals surface area contributed by atoms with Crippen molar-refractivity contribution in [2.24, 2.45) is 0 Å². The Kier molecular flexibility index (Phi) is 4.10. The van der Waals surface area contributed by atoms with Gasteiger partial charge in [-0.05, 0) is 24.1 Å². The summed E-state index contributed by atoms with van der Waals surface area (Å²) in [7, 11) is 0. The molecule has 0 fully saturated rings. The quantitative estimate of drug-likeness (QED) is 0.836. The summed E-state index contributed by atoms with van der Waals surface area (Å²) in [5.41, 5.74) is 5.01. The number of benzene rings is 2. The molecule has 2 aromatic rings. The van der Waals surface area contributed by atoms with Crippen LogP contribution in [0.4, 0.5) is 0 Å². The molecular weight excluding hydrogens is 226 g/mol. The highest BCUT2D eigenvalue weighted by Gasteiger charge is 2.13. The van der Waals surface area contributed by atoms with Crippen molar-refractivity contribution in [1.82, 2.24) is 5.48 Å². The zero-order chi connectivity index (χ0) is 12.8. The highest BCUT2D eigenvalue weighted by Crippen LogP contribution is 2.23. The van der Waals surface area contributed by atoms with Crippen LogP contribution in [0.25, 0.3) is 11.1 Å². The fourth-order valence-corrected chi connectivity index (χ4v) is 1.72. The molecule has 0 atom stereocenters.